The Balaban J connectivity index is 1.44. The average molecular weight is 422 g/mol. The van der Waals surface area contributed by atoms with E-state index < -0.39 is 5.97 Å². The van der Waals surface area contributed by atoms with Crippen molar-refractivity contribution < 1.29 is 14.7 Å². The van der Waals surface area contributed by atoms with Crippen molar-refractivity contribution in [2.75, 3.05) is 0 Å². The summed E-state index contributed by atoms with van der Waals surface area (Å²) in [7, 11) is 0. The second-order valence-corrected chi connectivity index (χ2v) is 11.1. The maximum atomic E-state index is 13.4. The highest BCUT2D eigenvalue weighted by atomic mass is 16.4. The number of aromatic carboxylic acids is 1. The van der Waals surface area contributed by atoms with Crippen molar-refractivity contribution in [1.82, 2.24) is 15.1 Å². The van der Waals surface area contributed by atoms with Gasteiger partial charge in [-0.25, -0.2) is 9.48 Å². The topological polar surface area (TPSA) is 84.2 Å². The Morgan fingerprint density at radius 2 is 1.87 bits per heavy atom. The molecular weight excluding hydrogens is 390 g/mol. The summed E-state index contributed by atoms with van der Waals surface area (Å²) in [6, 6.07) is 6.84. The van der Waals surface area contributed by atoms with Crippen LogP contribution in [0.1, 0.15) is 79.8 Å². The predicted molar refractivity (Wildman–Crippen MR) is 118 cm³/mol. The molecule has 3 fully saturated rings. The van der Waals surface area contributed by atoms with Gasteiger partial charge in [0.2, 0.25) is 0 Å². The van der Waals surface area contributed by atoms with Gasteiger partial charge in [0.15, 0.2) is 0 Å². The highest BCUT2D eigenvalue weighted by Gasteiger charge is 2.64. The molecule has 1 amide bonds. The fourth-order valence-electron chi connectivity index (χ4n) is 6.49. The molecule has 2 bridgehead atoms. The normalized spacial score (nSPS) is 31.2. The van der Waals surface area contributed by atoms with E-state index in [0.29, 0.717) is 22.8 Å². The second-order valence-electron chi connectivity index (χ2n) is 11.1. The molecule has 3 aliphatic carbocycles. The second kappa shape index (κ2) is 6.68. The molecule has 0 radical (unpaired) electrons. The van der Waals surface area contributed by atoms with Gasteiger partial charge in [0.1, 0.15) is 0 Å². The van der Waals surface area contributed by atoms with E-state index in [1.54, 1.807) is 35.1 Å². The van der Waals surface area contributed by atoms with Crippen LogP contribution in [0.25, 0.3) is 5.69 Å². The average Bonchev–Trinajstić information content (AvgIpc) is 3.05. The van der Waals surface area contributed by atoms with Crippen molar-refractivity contribution in [2.24, 2.45) is 23.2 Å². The van der Waals surface area contributed by atoms with Crippen LogP contribution >= 0.6 is 0 Å². The van der Waals surface area contributed by atoms with Gasteiger partial charge in [0.25, 0.3) is 5.91 Å². The van der Waals surface area contributed by atoms with E-state index in [9.17, 15) is 14.7 Å². The van der Waals surface area contributed by atoms with Gasteiger partial charge in [-0.3, -0.25) is 4.79 Å². The van der Waals surface area contributed by atoms with Crippen LogP contribution in [0.4, 0.5) is 0 Å². The van der Waals surface area contributed by atoms with Crippen LogP contribution in [0.15, 0.2) is 30.5 Å². The molecule has 1 heterocycles. The third kappa shape index (κ3) is 3.27. The number of aromatic nitrogens is 2. The van der Waals surface area contributed by atoms with E-state index in [1.165, 1.54) is 25.7 Å². The highest BCUT2D eigenvalue weighted by molar-refractivity contribution is 5.96. The van der Waals surface area contributed by atoms with Crippen LogP contribution in [0, 0.1) is 23.2 Å². The number of carbonyl (C=O) groups is 2. The Morgan fingerprint density at radius 3 is 2.52 bits per heavy atom. The molecule has 5 atom stereocenters. The van der Waals surface area contributed by atoms with Crippen LogP contribution in [0.3, 0.4) is 0 Å². The van der Waals surface area contributed by atoms with E-state index in [4.69, 9.17) is 0 Å². The van der Waals surface area contributed by atoms with E-state index in [-0.39, 0.29) is 22.9 Å². The summed E-state index contributed by atoms with van der Waals surface area (Å²) in [5.74, 6) is 0.987. The zero-order valence-electron chi connectivity index (χ0n) is 18.7. The zero-order chi connectivity index (χ0) is 22.1. The number of nitrogens with zero attached hydrogens (tertiary/aromatic N) is 2. The summed E-state index contributed by atoms with van der Waals surface area (Å²) < 4.78 is 1.77. The van der Waals surface area contributed by atoms with Gasteiger partial charge in [-0.1, -0.05) is 27.7 Å². The maximum absolute atomic E-state index is 13.4. The minimum atomic E-state index is -0.962. The Bertz CT molecular complexity index is 1050. The summed E-state index contributed by atoms with van der Waals surface area (Å²) >= 11 is 0. The Hall–Kier alpha value is -2.63. The van der Waals surface area contributed by atoms with Gasteiger partial charge in [-0.05, 0) is 73.1 Å². The minimum Gasteiger partial charge on any atom is -0.478 e. The van der Waals surface area contributed by atoms with Crippen molar-refractivity contribution in [3.63, 3.8) is 0 Å². The van der Waals surface area contributed by atoms with Crippen LogP contribution in [-0.4, -0.2) is 32.8 Å². The minimum absolute atomic E-state index is 0.0493. The summed E-state index contributed by atoms with van der Waals surface area (Å²) in [6.07, 6.45) is 6.82. The number of benzene rings is 1. The fourth-order valence-corrected chi connectivity index (χ4v) is 6.49. The number of carbonyl (C=O) groups excluding carboxylic acids is 1. The first-order valence-corrected chi connectivity index (χ1v) is 11.3. The standard InChI is InChI=1S/C25H31N3O3/c1-14-10-25-11-16(9-17(25)12-25)20(14)27-22(29)19-13-26-28(21(19)24(2,3)4)18-7-5-15(6-8-18)23(30)31/h5-8,13-14,16-17,20H,9-12H2,1-4H3,(H,27,29)(H,30,31). The van der Waals surface area contributed by atoms with Gasteiger partial charge < -0.3 is 10.4 Å². The highest BCUT2D eigenvalue weighted by Crippen LogP contribution is 2.71. The Labute approximate surface area is 183 Å². The fraction of sp³-hybridized carbons (Fsp3) is 0.560. The lowest BCUT2D eigenvalue weighted by molar-refractivity contribution is 0.0696. The zero-order valence-corrected chi connectivity index (χ0v) is 18.7. The lowest BCUT2D eigenvalue weighted by Gasteiger charge is -2.38. The van der Waals surface area contributed by atoms with Crippen molar-refractivity contribution in [1.29, 1.82) is 0 Å². The number of amides is 1. The molecule has 0 aliphatic heterocycles. The molecule has 1 aromatic carbocycles. The molecule has 31 heavy (non-hydrogen) atoms. The number of carboxylic acids is 1. The summed E-state index contributed by atoms with van der Waals surface area (Å²) in [5, 5.41) is 17.1. The Kier molecular flexibility index (Phi) is 4.37. The summed E-state index contributed by atoms with van der Waals surface area (Å²) in [4.78, 5) is 24.6. The quantitative estimate of drug-likeness (QED) is 0.765. The van der Waals surface area contributed by atoms with E-state index in [2.05, 4.69) is 38.1 Å². The van der Waals surface area contributed by atoms with Gasteiger partial charge in [0.05, 0.1) is 28.7 Å². The molecule has 5 rings (SSSR count). The summed E-state index contributed by atoms with van der Waals surface area (Å²) in [5.41, 5.74) is 2.70. The molecule has 6 heteroatoms. The van der Waals surface area contributed by atoms with Gasteiger partial charge in [-0.15, -0.1) is 0 Å². The van der Waals surface area contributed by atoms with E-state index in [0.717, 1.165) is 17.3 Å². The molecular formula is C25H31N3O3. The molecule has 2 N–H and O–H groups in total. The van der Waals surface area contributed by atoms with Crippen molar-refractivity contribution in [2.45, 2.75) is 64.8 Å². The molecule has 6 nitrogen and oxygen atoms in total. The monoisotopic (exact) mass is 421 g/mol. The molecule has 1 aromatic heterocycles. The van der Waals surface area contributed by atoms with Crippen LogP contribution in [0.2, 0.25) is 0 Å². The number of nitrogens with one attached hydrogen (secondary N) is 1. The number of carboxylic acid groups (broad SMARTS) is 1. The molecule has 0 saturated heterocycles. The number of rotatable bonds is 4. The molecule has 164 valence electrons. The first-order valence-electron chi connectivity index (χ1n) is 11.3. The smallest absolute Gasteiger partial charge is 0.335 e. The lowest BCUT2D eigenvalue weighted by Crippen LogP contribution is -2.47. The maximum Gasteiger partial charge on any atom is 0.335 e. The van der Waals surface area contributed by atoms with Crippen molar-refractivity contribution in [3.05, 3.63) is 47.3 Å². The SMILES string of the molecule is CC1CC23CC(CC2C3)C1NC(=O)c1cnn(-c2ccc(C(=O)O)cc2)c1C(C)(C)C. The third-order valence-corrected chi connectivity index (χ3v) is 7.85. The lowest BCUT2D eigenvalue weighted by atomic mass is 9.73. The first kappa shape index (κ1) is 20.3. The van der Waals surface area contributed by atoms with E-state index >= 15 is 0 Å². The van der Waals surface area contributed by atoms with Crippen molar-refractivity contribution in [3.8, 4) is 5.69 Å². The molecule has 2 aromatic rings. The van der Waals surface area contributed by atoms with Crippen LogP contribution in [0.5, 0.6) is 0 Å². The molecule has 3 saturated carbocycles. The van der Waals surface area contributed by atoms with E-state index in [1.807, 2.05) is 0 Å². The number of fused-ring (bicyclic) bond motifs is 1. The molecule has 1 spiro atoms. The first-order chi connectivity index (χ1) is 14.6. The number of hydrogen-bond acceptors (Lipinski definition) is 3. The van der Waals surface area contributed by atoms with Gasteiger partial charge >= 0.3 is 5.97 Å². The molecule has 5 unspecified atom stereocenters. The van der Waals surface area contributed by atoms with Crippen molar-refractivity contribution >= 4 is 11.9 Å². The molecule has 3 aliphatic rings. The number of hydrogen-bond donors (Lipinski definition) is 2. The third-order valence-electron chi connectivity index (χ3n) is 7.85. The van der Waals surface area contributed by atoms with Gasteiger partial charge in [-0.2, -0.15) is 5.10 Å². The van der Waals surface area contributed by atoms with Crippen LogP contribution in [-0.2, 0) is 5.41 Å². The largest absolute Gasteiger partial charge is 0.478 e. The summed E-state index contributed by atoms with van der Waals surface area (Å²) in [6.45, 7) is 8.50. The van der Waals surface area contributed by atoms with Gasteiger partial charge in [0, 0.05) is 11.5 Å². The predicted octanol–water partition coefficient (Wildman–Crippen LogP) is 4.42. The van der Waals surface area contributed by atoms with Crippen LogP contribution < -0.4 is 5.32 Å². The Morgan fingerprint density at radius 1 is 1.16 bits per heavy atom.